The van der Waals surface area contributed by atoms with Crippen LogP contribution in [0.25, 0.3) is 27.8 Å². The minimum Gasteiger partial charge on any atom is -0.358 e. The molecule has 6 aromatic rings. The van der Waals surface area contributed by atoms with Gasteiger partial charge in [-0.3, -0.25) is 14.2 Å². The van der Waals surface area contributed by atoms with E-state index in [0.717, 1.165) is 46.4 Å². The Morgan fingerprint density at radius 3 is 2.63 bits per heavy atom. The highest BCUT2D eigenvalue weighted by Gasteiger charge is 2.48. The van der Waals surface area contributed by atoms with E-state index in [2.05, 4.69) is 49.5 Å². The van der Waals surface area contributed by atoms with Crippen molar-refractivity contribution in [1.82, 2.24) is 29.7 Å². The smallest absolute Gasteiger partial charge is 0.251 e. The first-order valence-corrected chi connectivity index (χ1v) is 14.3. The summed E-state index contributed by atoms with van der Waals surface area (Å²) in [6.45, 7) is 0.220. The Kier molecular flexibility index (Phi) is 6.77. The molecule has 1 aliphatic carbocycles. The van der Waals surface area contributed by atoms with Crippen molar-refractivity contribution in [2.75, 3.05) is 25.0 Å². The Bertz CT molecular complexity index is 1950. The standard InChI is InChI=1S/C34H30FN7O/c1-41(31-6-2-3-13-37-31)16-15-38-32(43)28-9-7-23(17-25(28)19-35)26-20-39-33-40-21-30(42(33)22-26)34(11-12-34)27-8-10-29-24(18-27)5-4-14-36-29/h2-10,13-14,17-18,20-22H,11-12,15-16,19H2,1H3,(H,38,43). The zero-order valence-electron chi connectivity index (χ0n) is 23.7. The summed E-state index contributed by atoms with van der Waals surface area (Å²) < 4.78 is 16.3. The van der Waals surface area contributed by atoms with Crippen molar-refractivity contribution in [3.05, 3.63) is 120 Å². The molecule has 214 valence electrons. The molecular weight excluding hydrogens is 541 g/mol. The minimum absolute atomic E-state index is 0.138. The molecule has 0 aliphatic heterocycles. The maximum atomic E-state index is 14.2. The van der Waals surface area contributed by atoms with Crippen LogP contribution >= 0.6 is 0 Å². The highest BCUT2D eigenvalue weighted by molar-refractivity contribution is 5.96. The second kappa shape index (κ2) is 10.9. The average molecular weight is 572 g/mol. The Balaban J connectivity index is 1.13. The first-order chi connectivity index (χ1) is 21.1. The van der Waals surface area contributed by atoms with Crippen molar-refractivity contribution in [2.45, 2.75) is 24.9 Å². The summed E-state index contributed by atoms with van der Waals surface area (Å²) in [5.74, 6) is 1.13. The first kappa shape index (κ1) is 26.7. The highest BCUT2D eigenvalue weighted by Crippen LogP contribution is 2.53. The summed E-state index contributed by atoms with van der Waals surface area (Å²) in [7, 11) is 1.91. The van der Waals surface area contributed by atoms with Crippen LogP contribution in [-0.4, -0.2) is 50.4 Å². The maximum Gasteiger partial charge on any atom is 0.251 e. The molecule has 0 atom stereocenters. The van der Waals surface area contributed by atoms with Gasteiger partial charge in [-0.2, -0.15) is 0 Å². The summed E-state index contributed by atoms with van der Waals surface area (Å²) in [5, 5.41) is 4.02. The van der Waals surface area contributed by atoms with E-state index in [4.69, 9.17) is 0 Å². The molecule has 4 aromatic heterocycles. The number of fused-ring (bicyclic) bond motifs is 2. The van der Waals surface area contributed by atoms with E-state index in [1.54, 1.807) is 24.5 Å². The lowest BCUT2D eigenvalue weighted by molar-refractivity contribution is 0.0953. The van der Waals surface area contributed by atoms with E-state index in [-0.39, 0.29) is 11.3 Å². The van der Waals surface area contributed by atoms with Crippen LogP contribution in [0.3, 0.4) is 0 Å². The summed E-state index contributed by atoms with van der Waals surface area (Å²) in [4.78, 5) is 32.9. The Morgan fingerprint density at radius 2 is 1.81 bits per heavy atom. The SMILES string of the molecule is CN(CCNC(=O)c1ccc(-c2cnc3ncc(C4(c5ccc6ncccc6c5)CC4)n3c2)cc1CF)c1ccccn1. The second-order valence-electron chi connectivity index (χ2n) is 11.0. The number of anilines is 1. The molecule has 0 bridgehead atoms. The summed E-state index contributed by atoms with van der Waals surface area (Å²) >= 11 is 0. The molecule has 9 heteroatoms. The maximum absolute atomic E-state index is 14.2. The van der Waals surface area contributed by atoms with Crippen LogP contribution in [0.4, 0.5) is 10.2 Å². The van der Waals surface area contributed by atoms with Gasteiger partial charge >= 0.3 is 0 Å². The molecule has 4 heterocycles. The van der Waals surface area contributed by atoms with Crippen molar-refractivity contribution < 1.29 is 9.18 Å². The van der Waals surface area contributed by atoms with Gasteiger partial charge in [-0.05, 0) is 72.0 Å². The van der Waals surface area contributed by atoms with Crippen LogP contribution in [-0.2, 0) is 12.1 Å². The van der Waals surface area contributed by atoms with E-state index in [1.165, 1.54) is 5.56 Å². The van der Waals surface area contributed by atoms with E-state index in [1.807, 2.05) is 65.3 Å². The molecule has 1 N–H and O–H groups in total. The molecule has 1 fully saturated rings. The minimum atomic E-state index is -0.754. The van der Waals surface area contributed by atoms with Crippen LogP contribution in [0.15, 0.2) is 97.7 Å². The Morgan fingerprint density at radius 1 is 0.953 bits per heavy atom. The molecule has 43 heavy (non-hydrogen) atoms. The van der Waals surface area contributed by atoms with Gasteiger partial charge < -0.3 is 10.2 Å². The molecule has 7 rings (SSSR count). The van der Waals surface area contributed by atoms with Gasteiger partial charge in [0.2, 0.25) is 5.78 Å². The number of hydrogen-bond donors (Lipinski definition) is 1. The van der Waals surface area contributed by atoms with Crippen molar-refractivity contribution in [3.63, 3.8) is 0 Å². The van der Waals surface area contributed by atoms with Crippen LogP contribution in [0.2, 0.25) is 0 Å². The molecule has 0 unspecified atom stereocenters. The molecule has 1 aliphatic rings. The quantitative estimate of drug-likeness (QED) is 0.238. The van der Waals surface area contributed by atoms with Gasteiger partial charge in [-0.15, -0.1) is 0 Å². The van der Waals surface area contributed by atoms with Gasteiger partial charge in [-0.1, -0.05) is 24.3 Å². The number of nitrogens with zero attached hydrogens (tertiary/aromatic N) is 6. The number of halogens is 1. The fourth-order valence-electron chi connectivity index (χ4n) is 5.80. The van der Waals surface area contributed by atoms with Crippen molar-refractivity contribution >= 4 is 28.4 Å². The third kappa shape index (κ3) is 4.97. The number of nitrogens with one attached hydrogen (secondary N) is 1. The van der Waals surface area contributed by atoms with E-state index in [0.29, 0.717) is 30.0 Å². The van der Waals surface area contributed by atoms with Crippen molar-refractivity contribution in [1.29, 1.82) is 0 Å². The van der Waals surface area contributed by atoms with Crippen molar-refractivity contribution in [2.24, 2.45) is 0 Å². The molecule has 1 saturated carbocycles. The number of alkyl halides is 1. The number of likely N-dealkylation sites (N-methyl/N-ethyl adjacent to an activating group) is 1. The first-order valence-electron chi connectivity index (χ1n) is 14.3. The van der Waals surface area contributed by atoms with Crippen LogP contribution in [0.5, 0.6) is 0 Å². The number of pyridine rings is 2. The molecule has 8 nitrogen and oxygen atoms in total. The predicted octanol–water partition coefficient (Wildman–Crippen LogP) is 5.76. The lowest BCUT2D eigenvalue weighted by Crippen LogP contribution is -2.33. The third-order valence-corrected chi connectivity index (χ3v) is 8.36. The normalized spacial score (nSPS) is 13.7. The molecule has 2 aromatic carbocycles. The fraction of sp³-hybridized carbons (Fsp3) is 0.206. The van der Waals surface area contributed by atoms with Crippen LogP contribution < -0.4 is 10.2 Å². The number of hydrogen-bond acceptors (Lipinski definition) is 6. The molecule has 0 spiro atoms. The van der Waals surface area contributed by atoms with Gasteiger partial charge in [0.25, 0.3) is 5.91 Å². The molecule has 0 saturated heterocycles. The van der Waals surface area contributed by atoms with Gasteiger partial charge in [0.05, 0.1) is 17.4 Å². The third-order valence-electron chi connectivity index (χ3n) is 8.36. The number of rotatable bonds is 9. The van der Waals surface area contributed by atoms with Crippen LogP contribution in [0.1, 0.15) is 40.0 Å². The summed E-state index contributed by atoms with van der Waals surface area (Å²) in [6, 6.07) is 21.5. The van der Waals surface area contributed by atoms with Gasteiger partial charge in [0.1, 0.15) is 12.5 Å². The predicted molar refractivity (Wildman–Crippen MR) is 165 cm³/mol. The monoisotopic (exact) mass is 571 g/mol. The summed E-state index contributed by atoms with van der Waals surface area (Å²) in [6.07, 6.45) is 11.2. The number of carbonyl (C=O) groups is 1. The highest BCUT2D eigenvalue weighted by atomic mass is 19.1. The largest absolute Gasteiger partial charge is 0.358 e. The fourth-order valence-corrected chi connectivity index (χ4v) is 5.80. The van der Waals surface area contributed by atoms with Gasteiger partial charge in [0.15, 0.2) is 0 Å². The Hall–Kier alpha value is -5.18. The summed E-state index contributed by atoms with van der Waals surface area (Å²) in [5.41, 5.74) is 5.43. The van der Waals surface area contributed by atoms with Crippen LogP contribution in [0, 0.1) is 0 Å². The molecular formula is C34H30FN7O. The lowest BCUT2D eigenvalue weighted by Gasteiger charge is -2.18. The molecule has 0 radical (unpaired) electrons. The van der Waals surface area contributed by atoms with Crippen molar-refractivity contribution in [3.8, 4) is 11.1 Å². The second-order valence-corrected chi connectivity index (χ2v) is 11.0. The lowest BCUT2D eigenvalue weighted by atomic mass is 9.91. The van der Waals surface area contributed by atoms with E-state index in [9.17, 15) is 9.18 Å². The average Bonchev–Trinajstić information content (AvgIpc) is 3.76. The molecule has 1 amide bonds. The Labute approximate surface area is 248 Å². The zero-order chi connectivity index (χ0) is 29.4. The number of aromatic nitrogens is 5. The zero-order valence-corrected chi connectivity index (χ0v) is 23.7. The topological polar surface area (TPSA) is 88.3 Å². The van der Waals surface area contributed by atoms with E-state index >= 15 is 0 Å². The number of imidazole rings is 1. The van der Waals surface area contributed by atoms with Gasteiger partial charge in [0, 0.05) is 66.9 Å². The number of carbonyl (C=O) groups excluding carboxylic acids is 1. The number of benzene rings is 2. The van der Waals surface area contributed by atoms with Gasteiger partial charge in [-0.25, -0.2) is 19.3 Å². The van der Waals surface area contributed by atoms with E-state index < -0.39 is 6.67 Å². The number of amides is 1.